The number of hydrogen-bond acceptors (Lipinski definition) is 2. The van der Waals surface area contributed by atoms with Crippen LogP contribution in [0, 0.1) is 0 Å². The Labute approximate surface area is 95.7 Å². The summed E-state index contributed by atoms with van der Waals surface area (Å²) in [5, 5.41) is 9.41. The molecule has 2 aromatic rings. The van der Waals surface area contributed by atoms with Crippen molar-refractivity contribution in [3.8, 4) is 0 Å². The Morgan fingerprint density at radius 1 is 1.12 bits per heavy atom. The molecule has 0 bridgehead atoms. The van der Waals surface area contributed by atoms with Crippen LogP contribution in [0.25, 0.3) is 11.0 Å². The number of carboxylic acid groups (broad SMARTS) is 1. The molecule has 0 amide bonds. The molecule has 1 heterocycles. The van der Waals surface area contributed by atoms with Crippen molar-refractivity contribution in [1.29, 1.82) is 0 Å². The number of carboxylic acids is 1. The van der Waals surface area contributed by atoms with Crippen LogP contribution in [0.1, 0.15) is 38.2 Å². The van der Waals surface area contributed by atoms with E-state index in [0.29, 0.717) is 5.58 Å². The van der Waals surface area contributed by atoms with Gasteiger partial charge in [0.2, 0.25) is 5.76 Å². The van der Waals surface area contributed by atoms with Gasteiger partial charge in [0, 0.05) is 5.39 Å². The minimum absolute atomic E-state index is 0.0174. The van der Waals surface area contributed by atoms with Gasteiger partial charge in [0.1, 0.15) is 5.58 Å². The molecule has 0 spiro atoms. The Morgan fingerprint density at radius 3 is 2.19 bits per heavy atom. The lowest BCUT2D eigenvalue weighted by atomic mass is 10.2. The number of benzene rings is 1. The summed E-state index contributed by atoms with van der Waals surface area (Å²) in [6.07, 6.45) is 0. The Hall–Kier alpha value is -1.77. The van der Waals surface area contributed by atoms with Gasteiger partial charge in [0.15, 0.2) is 0 Å². The smallest absolute Gasteiger partial charge is 0.371 e. The lowest BCUT2D eigenvalue weighted by molar-refractivity contribution is 0.0665. The molecule has 0 saturated heterocycles. The second-order valence-electron chi connectivity index (χ2n) is 2.45. The van der Waals surface area contributed by atoms with Gasteiger partial charge in [-0.1, -0.05) is 45.9 Å². The second-order valence-corrected chi connectivity index (χ2v) is 2.45. The van der Waals surface area contributed by atoms with Crippen molar-refractivity contribution in [2.75, 3.05) is 0 Å². The van der Waals surface area contributed by atoms with Crippen molar-refractivity contribution in [3.63, 3.8) is 0 Å². The lowest BCUT2D eigenvalue weighted by Gasteiger charge is -1.83. The maximum atomic E-state index is 10.5. The zero-order chi connectivity index (χ0) is 12.6. The van der Waals surface area contributed by atoms with E-state index in [1.54, 1.807) is 12.1 Å². The van der Waals surface area contributed by atoms with E-state index in [0.717, 1.165) is 5.39 Å². The van der Waals surface area contributed by atoms with Gasteiger partial charge < -0.3 is 9.52 Å². The van der Waals surface area contributed by atoms with Crippen molar-refractivity contribution in [2.45, 2.75) is 27.7 Å². The summed E-state index contributed by atoms with van der Waals surface area (Å²) < 4.78 is 5.03. The van der Waals surface area contributed by atoms with E-state index in [1.807, 2.05) is 39.8 Å². The first-order valence-electron chi connectivity index (χ1n) is 5.49. The highest BCUT2D eigenvalue weighted by Crippen LogP contribution is 2.18. The minimum atomic E-state index is -1.04. The van der Waals surface area contributed by atoms with Gasteiger partial charge in [-0.25, -0.2) is 4.79 Å². The molecule has 0 radical (unpaired) electrons. The molecule has 0 unspecified atom stereocenters. The fourth-order valence-electron chi connectivity index (χ4n) is 1.09. The molecule has 0 aliphatic heterocycles. The summed E-state index contributed by atoms with van der Waals surface area (Å²) in [7, 11) is 0. The van der Waals surface area contributed by atoms with E-state index in [-0.39, 0.29) is 5.76 Å². The van der Waals surface area contributed by atoms with Crippen molar-refractivity contribution in [2.24, 2.45) is 0 Å². The van der Waals surface area contributed by atoms with E-state index >= 15 is 0 Å². The van der Waals surface area contributed by atoms with Crippen LogP contribution in [0.4, 0.5) is 0 Å². The molecule has 88 valence electrons. The van der Waals surface area contributed by atoms with Crippen molar-refractivity contribution in [1.82, 2.24) is 0 Å². The Morgan fingerprint density at radius 2 is 1.69 bits per heavy atom. The van der Waals surface area contributed by atoms with Crippen LogP contribution in [0.5, 0.6) is 0 Å². The van der Waals surface area contributed by atoms with Crippen LogP contribution in [0.15, 0.2) is 34.7 Å². The summed E-state index contributed by atoms with van der Waals surface area (Å²) in [5.41, 5.74) is 0.606. The fraction of sp³-hybridized carbons (Fsp3) is 0.308. The third kappa shape index (κ3) is 3.42. The molecule has 2 rings (SSSR count). The summed E-state index contributed by atoms with van der Waals surface area (Å²) >= 11 is 0. The molecule has 1 N–H and O–H groups in total. The predicted molar refractivity (Wildman–Crippen MR) is 65.9 cm³/mol. The van der Waals surface area contributed by atoms with Crippen LogP contribution in [-0.2, 0) is 0 Å². The number of carbonyl (C=O) groups is 1. The van der Waals surface area contributed by atoms with Crippen LogP contribution in [-0.4, -0.2) is 11.1 Å². The normalized spacial score (nSPS) is 8.50. The monoisotopic (exact) mass is 222 g/mol. The van der Waals surface area contributed by atoms with Crippen molar-refractivity contribution in [3.05, 3.63) is 36.1 Å². The van der Waals surface area contributed by atoms with E-state index in [1.165, 1.54) is 6.07 Å². The van der Waals surface area contributed by atoms with Gasteiger partial charge in [0.05, 0.1) is 0 Å². The van der Waals surface area contributed by atoms with Crippen molar-refractivity contribution >= 4 is 16.9 Å². The zero-order valence-corrected chi connectivity index (χ0v) is 10.2. The minimum Gasteiger partial charge on any atom is -0.475 e. The first-order valence-corrected chi connectivity index (χ1v) is 5.49. The average molecular weight is 222 g/mol. The number of hydrogen-bond donors (Lipinski definition) is 1. The molecular weight excluding hydrogens is 204 g/mol. The number of furan rings is 1. The molecule has 0 saturated carbocycles. The zero-order valence-electron chi connectivity index (χ0n) is 10.2. The Kier molecular flexibility index (Phi) is 6.68. The highest BCUT2D eigenvalue weighted by molar-refractivity contribution is 5.91. The highest BCUT2D eigenvalue weighted by atomic mass is 16.4. The molecular formula is C13H18O3. The molecule has 0 atom stereocenters. The van der Waals surface area contributed by atoms with E-state index in [9.17, 15) is 4.79 Å². The molecule has 0 aliphatic rings. The largest absolute Gasteiger partial charge is 0.475 e. The number of para-hydroxylation sites is 1. The topological polar surface area (TPSA) is 50.4 Å². The van der Waals surface area contributed by atoms with Gasteiger partial charge in [-0.05, 0) is 12.1 Å². The summed E-state index contributed by atoms with van der Waals surface area (Å²) in [5.74, 6) is -1.05. The van der Waals surface area contributed by atoms with E-state index in [4.69, 9.17) is 9.52 Å². The van der Waals surface area contributed by atoms with Crippen molar-refractivity contribution < 1.29 is 14.3 Å². The SMILES string of the molecule is CC.CC.O=C(O)c1cc2ccccc2o1. The van der Waals surface area contributed by atoms with Gasteiger partial charge >= 0.3 is 5.97 Å². The summed E-state index contributed by atoms with van der Waals surface area (Å²) in [4.78, 5) is 10.5. The third-order valence-electron chi connectivity index (χ3n) is 1.64. The molecule has 0 fully saturated rings. The standard InChI is InChI=1S/C9H6O3.2C2H6/c10-9(11)8-5-6-3-1-2-4-7(6)12-8;2*1-2/h1-5H,(H,10,11);2*1-2H3. The predicted octanol–water partition coefficient (Wildman–Crippen LogP) is 4.18. The van der Waals surface area contributed by atoms with E-state index < -0.39 is 5.97 Å². The van der Waals surface area contributed by atoms with Gasteiger partial charge in [-0.3, -0.25) is 0 Å². The van der Waals surface area contributed by atoms with Crippen LogP contribution in [0.2, 0.25) is 0 Å². The first kappa shape index (κ1) is 14.2. The number of fused-ring (bicyclic) bond motifs is 1. The average Bonchev–Trinajstić information content (AvgIpc) is 2.78. The molecule has 1 aromatic heterocycles. The quantitative estimate of drug-likeness (QED) is 0.787. The van der Waals surface area contributed by atoms with Gasteiger partial charge in [-0.2, -0.15) is 0 Å². The van der Waals surface area contributed by atoms with Gasteiger partial charge in [-0.15, -0.1) is 0 Å². The third-order valence-corrected chi connectivity index (χ3v) is 1.64. The summed E-state index contributed by atoms with van der Waals surface area (Å²) in [6.45, 7) is 8.00. The highest BCUT2D eigenvalue weighted by Gasteiger charge is 2.08. The molecule has 3 heteroatoms. The van der Waals surface area contributed by atoms with Crippen LogP contribution >= 0.6 is 0 Å². The number of aromatic carboxylic acids is 1. The lowest BCUT2D eigenvalue weighted by Crippen LogP contribution is -1.91. The maximum Gasteiger partial charge on any atom is 0.371 e. The second kappa shape index (κ2) is 7.51. The molecule has 0 aliphatic carbocycles. The maximum absolute atomic E-state index is 10.5. The first-order chi connectivity index (χ1) is 7.77. The fourth-order valence-corrected chi connectivity index (χ4v) is 1.09. The summed E-state index contributed by atoms with van der Waals surface area (Å²) in [6, 6.07) is 8.70. The Balaban J connectivity index is 0.000000509. The van der Waals surface area contributed by atoms with E-state index in [2.05, 4.69) is 0 Å². The van der Waals surface area contributed by atoms with Crippen LogP contribution < -0.4 is 0 Å². The number of rotatable bonds is 1. The molecule has 3 nitrogen and oxygen atoms in total. The Bertz CT molecular complexity index is 396. The van der Waals surface area contributed by atoms with Crippen LogP contribution in [0.3, 0.4) is 0 Å². The molecule has 16 heavy (non-hydrogen) atoms. The van der Waals surface area contributed by atoms with Gasteiger partial charge in [0.25, 0.3) is 0 Å². The molecule has 1 aromatic carbocycles.